The van der Waals surface area contributed by atoms with Crippen molar-refractivity contribution >= 4 is 23.2 Å². The molecule has 0 bridgehead atoms. The zero-order valence-corrected chi connectivity index (χ0v) is 13.1. The van der Waals surface area contributed by atoms with Gasteiger partial charge in [-0.1, -0.05) is 13.8 Å². The lowest BCUT2D eigenvalue weighted by molar-refractivity contribution is -0.139. The summed E-state index contributed by atoms with van der Waals surface area (Å²) >= 11 is 0. The van der Waals surface area contributed by atoms with Crippen LogP contribution in [0.15, 0.2) is 24.3 Å². The van der Waals surface area contributed by atoms with E-state index in [0.717, 1.165) is 11.4 Å². The topological polar surface area (TPSA) is 52.7 Å². The summed E-state index contributed by atoms with van der Waals surface area (Å²) < 4.78 is 0. The van der Waals surface area contributed by atoms with Gasteiger partial charge in [-0.15, -0.1) is 0 Å². The van der Waals surface area contributed by atoms with Crippen molar-refractivity contribution in [3.05, 3.63) is 24.3 Å². The van der Waals surface area contributed by atoms with E-state index in [1.165, 1.54) is 4.90 Å². The normalized spacial score (nSPS) is 18.5. The lowest BCUT2D eigenvalue weighted by Crippen LogP contribution is -2.37. The minimum atomic E-state index is -0.443. The summed E-state index contributed by atoms with van der Waals surface area (Å²) in [7, 11) is 3.96. The number of anilines is 2. The Morgan fingerprint density at radius 3 is 2.38 bits per heavy atom. The van der Waals surface area contributed by atoms with Gasteiger partial charge in [0.2, 0.25) is 5.91 Å². The zero-order chi connectivity index (χ0) is 15.6. The van der Waals surface area contributed by atoms with Crippen molar-refractivity contribution in [2.75, 3.05) is 30.9 Å². The summed E-state index contributed by atoms with van der Waals surface area (Å²) in [5.74, 6) is 0.0810. The number of nitrogens with one attached hydrogen (secondary N) is 1. The summed E-state index contributed by atoms with van der Waals surface area (Å²) in [5.41, 5.74) is 1.95. The second kappa shape index (κ2) is 6.16. The largest absolute Gasteiger partial charge is 0.378 e. The summed E-state index contributed by atoms with van der Waals surface area (Å²) in [4.78, 5) is 27.6. The molecule has 1 aromatic carbocycles. The average molecular weight is 289 g/mol. The van der Waals surface area contributed by atoms with Gasteiger partial charge >= 0.3 is 0 Å². The van der Waals surface area contributed by atoms with Crippen LogP contribution >= 0.6 is 0 Å². The van der Waals surface area contributed by atoms with Crippen molar-refractivity contribution < 1.29 is 9.59 Å². The molecule has 1 saturated heterocycles. The molecule has 0 aromatic heterocycles. The molecule has 1 fully saturated rings. The molecule has 0 radical (unpaired) electrons. The highest BCUT2D eigenvalue weighted by Gasteiger charge is 2.38. The van der Waals surface area contributed by atoms with Gasteiger partial charge in [-0.25, -0.2) is 0 Å². The molecule has 1 N–H and O–H groups in total. The number of amides is 2. The minimum Gasteiger partial charge on any atom is -0.378 e. The van der Waals surface area contributed by atoms with E-state index in [9.17, 15) is 9.59 Å². The molecule has 5 heteroatoms. The number of benzene rings is 1. The van der Waals surface area contributed by atoms with Crippen LogP contribution in [0.4, 0.5) is 11.4 Å². The first kappa shape index (κ1) is 15.4. The van der Waals surface area contributed by atoms with Crippen molar-refractivity contribution in [2.24, 2.45) is 5.92 Å². The smallest absolute Gasteiger partial charge is 0.252 e. The molecule has 1 aliphatic rings. The van der Waals surface area contributed by atoms with E-state index in [1.807, 2.05) is 57.1 Å². The van der Waals surface area contributed by atoms with Crippen LogP contribution in [0.5, 0.6) is 0 Å². The van der Waals surface area contributed by atoms with Crippen LogP contribution in [-0.4, -0.2) is 43.4 Å². The molecule has 1 aromatic rings. The molecule has 0 unspecified atom stereocenters. The van der Waals surface area contributed by atoms with Crippen molar-refractivity contribution in [1.82, 2.24) is 4.90 Å². The van der Waals surface area contributed by atoms with E-state index in [1.54, 1.807) is 0 Å². The van der Waals surface area contributed by atoms with Crippen molar-refractivity contribution in [3.63, 3.8) is 0 Å². The van der Waals surface area contributed by atoms with Gasteiger partial charge in [0.1, 0.15) is 6.04 Å². The van der Waals surface area contributed by atoms with Crippen molar-refractivity contribution in [1.29, 1.82) is 0 Å². The van der Waals surface area contributed by atoms with Crippen molar-refractivity contribution in [2.45, 2.75) is 26.3 Å². The van der Waals surface area contributed by atoms with Crippen LogP contribution in [0, 0.1) is 5.92 Å². The van der Waals surface area contributed by atoms with Crippen LogP contribution in [0.25, 0.3) is 0 Å². The molecule has 2 amide bonds. The van der Waals surface area contributed by atoms with E-state index in [-0.39, 0.29) is 24.2 Å². The highest BCUT2D eigenvalue weighted by atomic mass is 16.2. The third-order valence-corrected chi connectivity index (χ3v) is 3.52. The maximum Gasteiger partial charge on any atom is 0.252 e. The Morgan fingerprint density at radius 2 is 1.86 bits per heavy atom. The van der Waals surface area contributed by atoms with E-state index in [4.69, 9.17) is 0 Å². The first-order valence-corrected chi connectivity index (χ1v) is 7.26. The van der Waals surface area contributed by atoms with Crippen molar-refractivity contribution in [3.8, 4) is 0 Å². The number of nitrogens with zero attached hydrogens (tertiary/aromatic N) is 2. The van der Waals surface area contributed by atoms with Gasteiger partial charge in [-0.05, 0) is 30.2 Å². The summed E-state index contributed by atoms with van der Waals surface area (Å²) in [6, 6.07) is 7.38. The molecule has 1 aliphatic heterocycles. The van der Waals surface area contributed by atoms with E-state index in [0.29, 0.717) is 6.54 Å². The maximum absolute atomic E-state index is 12.3. The van der Waals surface area contributed by atoms with Crippen LogP contribution < -0.4 is 10.2 Å². The van der Waals surface area contributed by atoms with Crippen LogP contribution in [-0.2, 0) is 9.59 Å². The third-order valence-electron chi connectivity index (χ3n) is 3.52. The second-order valence-corrected chi connectivity index (χ2v) is 6.08. The van der Waals surface area contributed by atoms with E-state index < -0.39 is 6.04 Å². The third kappa shape index (κ3) is 3.54. The van der Waals surface area contributed by atoms with Crippen LogP contribution in [0.1, 0.15) is 20.3 Å². The molecule has 0 spiro atoms. The summed E-state index contributed by atoms with van der Waals surface area (Å²) in [5, 5.41) is 3.16. The molecule has 0 aliphatic carbocycles. The Kier molecular flexibility index (Phi) is 4.50. The number of hydrogen-bond acceptors (Lipinski definition) is 4. The number of hydrogen-bond donors (Lipinski definition) is 1. The summed E-state index contributed by atoms with van der Waals surface area (Å²) in [6.07, 6.45) is 0.237. The van der Waals surface area contributed by atoms with Gasteiger partial charge in [0, 0.05) is 32.0 Å². The predicted octanol–water partition coefficient (Wildman–Crippen LogP) is 1.95. The highest BCUT2D eigenvalue weighted by Crippen LogP contribution is 2.21. The first-order chi connectivity index (χ1) is 9.88. The molecule has 1 heterocycles. The molecule has 2 rings (SSSR count). The van der Waals surface area contributed by atoms with Gasteiger partial charge in [-0.3, -0.25) is 14.5 Å². The Balaban J connectivity index is 2.03. The summed E-state index contributed by atoms with van der Waals surface area (Å²) in [6.45, 7) is 4.50. The van der Waals surface area contributed by atoms with Crippen LogP contribution in [0.3, 0.4) is 0 Å². The molecule has 21 heavy (non-hydrogen) atoms. The van der Waals surface area contributed by atoms with Crippen LogP contribution in [0.2, 0.25) is 0 Å². The molecule has 114 valence electrons. The number of carbonyl (C=O) groups excluding carboxylic acids is 2. The Hall–Kier alpha value is -2.04. The van der Waals surface area contributed by atoms with Gasteiger partial charge in [0.25, 0.3) is 5.91 Å². The molecule has 1 atom stereocenters. The Morgan fingerprint density at radius 1 is 1.24 bits per heavy atom. The highest BCUT2D eigenvalue weighted by molar-refractivity contribution is 6.06. The van der Waals surface area contributed by atoms with Gasteiger partial charge < -0.3 is 10.2 Å². The molecular formula is C16H23N3O2. The zero-order valence-electron chi connectivity index (χ0n) is 13.1. The lowest BCUT2D eigenvalue weighted by atomic mass is 10.2. The quantitative estimate of drug-likeness (QED) is 0.842. The maximum atomic E-state index is 12.3. The van der Waals surface area contributed by atoms with Gasteiger partial charge in [0.05, 0.1) is 6.42 Å². The fraction of sp³-hybridized carbons (Fsp3) is 0.500. The van der Waals surface area contributed by atoms with E-state index >= 15 is 0 Å². The standard InChI is InChI=1S/C16H23N3O2/c1-11(2)10-19-15(20)9-14(16(19)21)17-12-5-7-13(8-6-12)18(3)4/h5-8,11,14,17H,9-10H2,1-4H3/t14-/m0/s1. The molecule has 5 nitrogen and oxygen atoms in total. The molecule has 0 saturated carbocycles. The lowest BCUT2D eigenvalue weighted by Gasteiger charge is -2.18. The minimum absolute atomic E-state index is 0.0869. The number of carbonyl (C=O) groups is 2. The SMILES string of the molecule is CC(C)CN1C(=O)C[C@H](Nc2ccc(N(C)C)cc2)C1=O. The first-order valence-electron chi connectivity index (χ1n) is 7.26. The predicted molar refractivity (Wildman–Crippen MR) is 84.4 cm³/mol. The number of likely N-dealkylation sites (tertiary alicyclic amines) is 1. The molecular weight excluding hydrogens is 266 g/mol. The fourth-order valence-corrected chi connectivity index (χ4v) is 2.41. The number of imide groups is 1. The van der Waals surface area contributed by atoms with Gasteiger partial charge in [-0.2, -0.15) is 0 Å². The fourth-order valence-electron chi connectivity index (χ4n) is 2.41. The monoisotopic (exact) mass is 289 g/mol. The van der Waals surface area contributed by atoms with E-state index in [2.05, 4.69) is 5.32 Å². The Labute approximate surface area is 125 Å². The average Bonchev–Trinajstić information content (AvgIpc) is 2.67. The number of rotatable bonds is 5. The van der Waals surface area contributed by atoms with Gasteiger partial charge in [0.15, 0.2) is 0 Å². The Bertz CT molecular complexity index is 523. The second-order valence-electron chi connectivity index (χ2n) is 6.08.